The lowest BCUT2D eigenvalue weighted by Gasteiger charge is -2.23. The minimum atomic E-state index is -1.41. The number of amides is 1. The largest absolute Gasteiger partial charge is 0.481 e. The first-order valence-electron chi connectivity index (χ1n) is 8.47. The first-order valence-corrected chi connectivity index (χ1v) is 8.47. The van der Waals surface area contributed by atoms with Crippen LogP contribution in [-0.4, -0.2) is 66.3 Å². The number of ketones is 2. The number of Topliss-reactive ketones (excluding diaryl/α,β-unsaturated/α-hetero) is 2. The standard InChI is InChI=1S/C17H27FN2O5/c1-10(2)12(6-14(21)11-4-5-20(3)9-11)17(25)19-13(7-16(23)24)15(22)8-18/h10-13H,4-9H2,1-3H3,(H,19,25)(H,23,24)/t11?,12-,13?/m0/s1. The van der Waals surface area contributed by atoms with E-state index in [1.807, 2.05) is 7.05 Å². The highest BCUT2D eigenvalue weighted by atomic mass is 19.1. The van der Waals surface area contributed by atoms with E-state index in [1.165, 1.54) is 0 Å². The van der Waals surface area contributed by atoms with E-state index in [0.29, 0.717) is 6.54 Å². The molecule has 1 rings (SSSR count). The van der Waals surface area contributed by atoms with E-state index in [0.717, 1.165) is 13.0 Å². The van der Waals surface area contributed by atoms with E-state index in [1.54, 1.807) is 13.8 Å². The maximum Gasteiger partial charge on any atom is 0.305 e. The molecule has 1 aliphatic heterocycles. The summed E-state index contributed by atoms with van der Waals surface area (Å²) in [6.07, 6.45) is 0.107. The Kier molecular flexibility index (Phi) is 8.15. The molecule has 0 spiro atoms. The summed E-state index contributed by atoms with van der Waals surface area (Å²) in [7, 11) is 1.93. The molecule has 0 aliphatic carbocycles. The van der Waals surface area contributed by atoms with E-state index >= 15 is 0 Å². The number of carbonyl (C=O) groups excluding carboxylic acids is 3. The van der Waals surface area contributed by atoms with Crippen LogP contribution in [0.15, 0.2) is 0 Å². The lowest BCUT2D eigenvalue weighted by molar-refractivity contribution is -0.141. The molecule has 0 bridgehead atoms. The quantitative estimate of drug-likeness (QED) is 0.595. The topological polar surface area (TPSA) is 104 Å². The van der Waals surface area contributed by atoms with Gasteiger partial charge in [-0.15, -0.1) is 0 Å². The molecule has 1 saturated heterocycles. The zero-order valence-corrected chi connectivity index (χ0v) is 15.0. The first-order chi connectivity index (χ1) is 11.6. The van der Waals surface area contributed by atoms with Crippen molar-refractivity contribution < 1.29 is 28.7 Å². The normalized spacial score (nSPS) is 20.3. The van der Waals surface area contributed by atoms with Gasteiger partial charge in [-0.05, 0) is 25.9 Å². The lowest BCUT2D eigenvalue weighted by atomic mass is 9.85. The molecular formula is C17H27FN2O5. The van der Waals surface area contributed by atoms with Crippen LogP contribution in [0.5, 0.6) is 0 Å². The molecule has 142 valence electrons. The van der Waals surface area contributed by atoms with Gasteiger partial charge < -0.3 is 15.3 Å². The Morgan fingerprint density at radius 2 is 1.88 bits per heavy atom. The second-order valence-corrected chi connectivity index (χ2v) is 7.03. The van der Waals surface area contributed by atoms with Crippen molar-refractivity contribution in [1.29, 1.82) is 0 Å². The Hall–Kier alpha value is -1.83. The van der Waals surface area contributed by atoms with Gasteiger partial charge in [0.05, 0.1) is 6.42 Å². The molecule has 0 radical (unpaired) electrons. The summed E-state index contributed by atoms with van der Waals surface area (Å²) in [5.74, 6) is -3.84. The summed E-state index contributed by atoms with van der Waals surface area (Å²) in [6.45, 7) is 3.70. The zero-order valence-electron chi connectivity index (χ0n) is 15.0. The Bertz CT molecular complexity index is 523. The van der Waals surface area contributed by atoms with Crippen molar-refractivity contribution in [3.05, 3.63) is 0 Å². The fraction of sp³-hybridized carbons (Fsp3) is 0.765. The molecule has 0 saturated carbocycles. The second-order valence-electron chi connectivity index (χ2n) is 7.03. The van der Waals surface area contributed by atoms with Gasteiger partial charge in [0.1, 0.15) is 18.5 Å². The molecule has 0 aromatic heterocycles. The number of halogens is 1. The summed E-state index contributed by atoms with van der Waals surface area (Å²) in [5.41, 5.74) is 0. The first kappa shape index (κ1) is 21.2. The van der Waals surface area contributed by atoms with Crippen molar-refractivity contribution >= 4 is 23.4 Å². The highest BCUT2D eigenvalue weighted by Crippen LogP contribution is 2.23. The maximum absolute atomic E-state index is 12.6. The van der Waals surface area contributed by atoms with Crippen molar-refractivity contribution in [2.24, 2.45) is 17.8 Å². The molecule has 0 aromatic rings. The molecule has 1 heterocycles. The van der Waals surface area contributed by atoms with Crippen LogP contribution in [0.2, 0.25) is 0 Å². The molecule has 0 aromatic carbocycles. The smallest absolute Gasteiger partial charge is 0.305 e. The second kappa shape index (κ2) is 9.60. The van der Waals surface area contributed by atoms with E-state index in [4.69, 9.17) is 5.11 Å². The van der Waals surface area contributed by atoms with Crippen molar-refractivity contribution in [1.82, 2.24) is 10.2 Å². The Balaban J connectivity index is 2.75. The average Bonchev–Trinajstić information content (AvgIpc) is 2.96. The third kappa shape index (κ3) is 6.53. The van der Waals surface area contributed by atoms with Crippen molar-refractivity contribution in [3.63, 3.8) is 0 Å². The Morgan fingerprint density at radius 3 is 2.32 bits per heavy atom. The molecule has 1 amide bonds. The number of aliphatic carboxylic acids is 1. The van der Waals surface area contributed by atoms with Gasteiger partial charge in [0.2, 0.25) is 5.91 Å². The van der Waals surface area contributed by atoms with Crippen LogP contribution in [0.4, 0.5) is 4.39 Å². The van der Waals surface area contributed by atoms with E-state index < -0.39 is 42.7 Å². The molecule has 25 heavy (non-hydrogen) atoms. The highest BCUT2D eigenvalue weighted by Gasteiger charge is 2.33. The Morgan fingerprint density at radius 1 is 1.24 bits per heavy atom. The van der Waals surface area contributed by atoms with Crippen molar-refractivity contribution in [2.45, 2.75) is 39.2 Å². The SMILES string of the molecule is CC(C)[C@H](CC(=O)C1CCN(C)C1)C(=O)NC(CC(=O)O)C(=O)CF. The zero-order chi connectivity index (χ0) is 19.1. The Labute approximate surface area is 146 Å². The van der Waals surface area contributed by atoms with Crippen molar-refractivity contribution in [3.8, 4) is 0 Å². The number of alkyl halides is 1. The number of likely N-dealkylation sites (tertiary alicyclic amines) is 1. The van der Waals surface area contributed by atoms with Gasteiger partial charge in [-0.3, -0.25) is 19.2 Å². The van der Waals surface area contributed by atoms with E-state index in [9.17, 15) is 23.6 Å². The molecule has 1 fully saturated rings. The molecular weight excluding hydrogens is 331 g/mol. The highest BCUT2D eigenvalue weighted by molar-refractivity contribution is 5.94. The third-order valence-electron chi connectivity index (χ3n) is 4.62. The number of carboxylic acids is 1. The van der Waals surface area contributed by atoms with E-state index in [2.05, 4.69) is 10.2 Å². The number of rotatable bonds is 10. The molecule has 8 heteroatoms. The van der Waals surface area contributed by atoms with E-state index in [-0.39, 0.29) is 24.0 Å². The average molecular weight is 358 g/mol. The van der Waals surface area contributed by atoms with Crippen LogP contribution >= 0.6 is 0 Å². The summed E-state index contributed by atoms with van der Waals surface area (Å²) >= 11 is 0. The minimum Gasteiger partial charge on any atom is -0.481 e. The van der Waals surface area contributed by atoms with Crippen LogP contribution in [-0.2, 0) is 19.2 Å². The third-order valence-corrected chi connectivity index (χ3v) is 4.62. The van der Waals surface area contributed by atoms with Crippen LogP contribution in [0.3, 0.4) is 0 Å². The van der Waals surface area contributed by atoms with Gasteiger partial charge in [0.25, 0.3) is 0 Å². The van der Waals surface area contributed by atoms with Gasteiger partial charge in [-0.1, -0.05) is 13.8 Å². The lowest BCUT2D eigenvalue weighted by Crippen LogP contribution is -2.47. The van der Waals surface area contributed by atoms with Crippen molar-refractivity contribution in [2.75, 3.05) is 26.8 Å². The molecule has 2 N–H and O–H groups in total. The fourth-order valence-electron chi connectivity index (χ4n) is 3.00. The predicted molar refractivity (Wildman–Crippen MR) is 88.7 cm³/mol. The maximum atomic E-state index is 12.6. The van der Waals surface area contributed by atoms with Gasteiger partial charge in [0.15, 0.2) is 5.78 Å². The van der Waals surface area contributed by atoms with Crippen LogP contribution < -0.4 is 5.32 Å². The number of nitrogens with zero attached hydrogens (tertiary/aromatic N) is 1. The number of hydrogen-bond donors (Lipinski definition) is 2. The number of carbonyl (C=O) groups is 4. The predicted octanol–water partition coefficient (Wildman–Crippen LogP) is 0.668. The monoisotopic (exact) mass is 358 g/mol. The molecule has 7 nitrogen and oxygen atoms in total. The van der Waals surface area contributed by atoms with Gasteiger partial charge in [-0.25, -0.2) is 4.39 Å². The fourth-order valence-corrected chi connectivity index (χ4v) is 3.00. The van der Waals surface area contributed by atoms with Crippen LogP contribution in [0.1, 0.15) is 33.1 Å². The summed E-state index contributed by atoms with van der Waals surface area (Å²) in [6, 6.07) is -1.41. The van der Waals surface area contributed by atoms with Gasteiger partial charge in [0, 0.05) is 24.8 Å². The number of carboxylic acid groups (broad SMARTS) is 1. The number of hydrogen-bond acceptors (Lipinski definition) is 5. The van der Waals surface area contributed by atoms with Crippen LogP contribution in [0, 0.1) is 17.8 Å². The minimum absolute atomic E-state index is 0.00944. The van der Waals surface area contributed by atoms with Gasteiger partial charge >= 0.3 is 5.97 Å². The van der Waals surface area contributed by atoms with Crippen LogP contribution in [0.25, 0.3) is 0 Å². The molecule has 2 unspecified atom stereocenters. The molecule has 3 atom stereocenters. The van der Waals surface area contributed by atoms with Gasteiger partial charge in [-0.2, -0.15) is 0 Å². The summed E-state index contributed by atoms with van der Waals surface area (Å²) < 4.78 is 12.6. The summed E-state index contributed by atoms with van der Waals surface area (Å²) in [5, 5.41) is 11.1. The molecule has 1 aliphatic rings. The summed E-state index contributed by atoms with van der Waals surface area (Å²) in [4.78, 5) is 49.3. The number of nitrogens with one attached hydrogen (secondary N) is 1.